The molecule has 0 fully saturated rings. The van der Waals surface area contributed by atoms with Gasteiger partial charge in [0.05, 0.1) is 13.1 Å². The molecule has 8 heteroatoms. The van der Waals surface area contributed by atoms with Crippen molar-refractivity contribution in [2.75, 3.05) is 13.1 Å². The lowest BCUT2D eigenvalue weighted by atomic mass is 10.1. The Morgan fingerprint density at radius 2 is 2.04 bits per heavy atom. The van der Waals surface area contributed by atoms with Gasteiger partial charge in [-0.25, -0.2) is 13.8 Å². The van der Waals surface area contributed by atoms with Crippen LogP contribution in [-0.2, 0) is 12.1 Å². The van der Waals surface area contributed by atoms with E-state index in [2.05, 4.69) is 15.6 Å². The van der Waals surface area contributed by atoms with Gasteiger partial charge in [-0.05, 0) is 43.5 Å². The zero-order chi connectivity index (χ0) is 17.6. The van der Waals surface area contributed by atoms with Gasteiger partial charge >= 0.3 is 0 Å². The first-order valence-electron chi connectivity index (χ1n) is 7.65. The van der Waals surface area contributed by atoms with Gasteiger partial charge in [0.15, 0.2) is 5.96 Å². The van der Waals surface area contributed by atoms with E-state index in [9.17, 15) is 13.9 Å². The second-order valence-corrected chi connectivity index (χ2v) is 6.48. The smallest absolute Gasteiger partial charge is 0.191 e. The van der Waals surface area contributed by atoms with E-state index in [0.29, 0.717) is 12.5 Å². The van der Waals surface area contributed by atoms with E-state index in [0.717, 1.165) is 23.1 Å². The number of thiophene rings is 1. The van der Waals surface area contributed by atoms with Crippen molar-refractivity contribution in [2.45, 2.75) is 26.0 Å². The van der Waals surface area contributed by atoms with Crippen molar-refractivity contribution in [2.24, 2.45) is 4.99 Å². The topological polar surface area (TPSA) is 56.7 Å². The fourth-order valence-corrected chi connectivity index (χ4v) is 2.89. The summed E-state index contributed by atoms with van der Waals surface area (Å²) < 4.78 is 26.9. The largest absolute Gasteiger partial charge is 0.383 e. The molecule has 3 N–H and O–H groups in total. The maximum absolute atomic E-state index is 13.7. The lowest BCUT2D eigenvalue weighted by Gasteiger charge is -2.23. The minimum Gasteiger partial charge on any atom is -0.383 e. The van der Waals surface area contributed by atoms with Crippen LogP contribution in [0.4, 0.5) is 8.78 Å². The Morgan fingerprint density at radius 1 is 1.28 bits per heavy atom. The predicted octanol–water partition coefficient (Wildman–Crippen LogP) is 3.61. The quantitative estimate of drug-likeness (QED) is 0.336. The summed E-state index contributed by atoms with van der Waals surface area (Å²) in [5, 5.41) is 18.5. The third kappa shape index (κ3) is 6.52. The fourth-order valence-electron chi connectivity index (χ4n) is 2.10. The molecule has 0 aliphatic heterocycles. The van der Waals surface area contributed by atoms with Gasteiger partial charge in [-0.3, -0.25) is 0 Å². The Morgan fingerprint density at radius 3 is 2.68 bits per heavy atom. The van der Waals surface area contributed by atoms with Gasteiger partial charge in [0.2, 0.25) is 0 Å². The third-order valence-electron chi connectivity index (χ3n) is 3.41. The van der Waals surface area contributed by atoms with E-state index in [1.807, 2.05) is 24.4 Å². The average Bonchev–Trinajstić information content (AvgIpc) is 3.08. The molecule has 0 saturated heterocycles. The van der Waals surface area contributed by atoms with Crippen LogP contribution in [0.2, 0.25) is 0 Å². The summed E-state index contributed by atoms with van der Waals surface area (Å²) in [4.78, 5) is 5.09. The molecular formula is C17H22F2IN3OS. The van der Waals surface area contributed by atoms with Crippen molar-refractivity contribution in [1.82, 2.24) is 10.6 Å². The van der Waals surface area contributed by atoms with E-state index >= 15 is 0 Å². The second-order valence-electron chi connectivity index (χ2n) is 5.54. The van der Waals surface area contributed by atoms with Crippen LogP contribution in [0.5, 0.6) is 0 Å². The molecule has 0 bridgehead atoms. The van der Waals surface area contributed by atoms with Crippen molar-refractivity contribution >= 4 is 41.3 Å². The predicted molar refractivity (Wildman–Crippen MR) is 108 cm³/mol. The van der Waals surface area contributed by atoms with Crippen molar-refractivity contribution in [1.29, 1.82) is 0 Å². The first kappa shape index (κ1) is 21.8. The molecule has 138 valence electrons. The molecule has 0 aliphatic rings. The number of aliphatic imine (C=N–C) groups is 1. The minimum absolute atomic E-state index is 0. The van der Waals surface area contributed by atoms with Crippen molar-refractivity contribution in [3.8, 4) is 0 Å². The molecule has 0 aliphatic carbocycles. The maximum Gasteiger partial charge on any atom is 0.191 e. The summed E-state index contributed by atoms with van der Waals surface area (Å²) in [5.74, 6) is -0.570. The number of guanidine groups is 1. The molecule has 1 heterocycles. The normalized spacial score (nSPS) is 13.7. The summed E-state index contributed by atoms with van der Waals surface area (Å²) in [5.41, 5.74) is -0.869. The average molecular weight is 481 g/mol. The third-order valence-corrected chi connectivity index (χ3v) is 4.53. The van der Waals surface area contributed by atoms with Crippen LogP contribution in [-0.4, -0.2) is 24.2 Å². The number of hydrogen-bond donors (Lipinski definition) is 3. The minimum atomic E-state index is -1.05. The van der Waals surface area contributed by atoms with Gasteiger partial charge in [-0.2, -0.15) is 0 Å². The monoisotopic (exact) mass is 481 g/mol. The summed E-state index contributed by atoms with van der Waals surface area (Å²) in [6, 6.07) is 7.02. The second kappa shape index (κ2) is 10.0. The molecule has 1 aromatic heterocycles. The highest BCUT2D eigenvalue weighted by atomic mass is 127. The molecule has 2 aromatic rings. The maximum atomic E-state index is 13.7. The number of aliphatic hydroxyl groups is 1. The summed E-state index contributed by atoms with van der Waals surface area (Å²) in [7, 11) is 0. The van der Waals surface area contributed by atoms with E-state index in [-0.39, 0.29) is 42.6 Å². The first-order chi connectivity index (χ1) is 11.4. The standard InChI is InChI=1S/C17H21F2N3OS.HI/c1-3-20-16(21-10-12-9-13(18)6-7-14(12)19)22-11-17(2,23)15-5-4-8-24-15;/h4-9,23H,3,10-11H2,1-2H3,(H2,20,21,22);1H. The summed E-state index contributed by atoms with van der Waals surface area (Å²) >= 11 is 1.47. The number of benzene rings is 1. The molecule has 25 heavy (non-hydrogen) atoms. The molecule has 1 atom stereocenters. The number of nitrogens with zero attached hydrogens (tertiary/aromatic N) is 1. The Kier molecular flexibility index (Phi) is 8.74. The Hall–Kier alpha value is -1.26. The van der Waals surface area contributed by atoms with Crippen LogP contribution in [0.15, 0.2) is 40.7 Å². The molecule has 1 unspecified atom stereocenters. The number of halogens is 3. The molecule has 0 saturated carbocycles. The SMILES string of the molecule is CCNC(=NCc1cc(F)ccc1F)NCC(C)(O)c1cccs1.I. The van der Waals surface area contributed by atoms with Crippen LogP contribution >= 0.6 is 35.3 Å². The zero-order valence-electron chi connectivity index (χ0n) is 14.1. The molecule has 0 radical (unpaired) electrons. The number of hydrogen-bond acceptors (Lipinski definition) is 3. The van der Waals surface area contributed by atoms with E-state index in [1.54, 1.807) is 6.92 Å². The van der Waals surface area contributed by atoms with Crippen molar-refractivity contribution < 1.29 is 13.9 Å². The van der Waals surface area contributed by atoms with Gasteiger partial charge in [0.25, 0.3) is 0 Å². The molecular weight excluding hydrogens is 459 g/mol. The Balaban J connectivity index is 0.00000312. The van der Waals surface area contributed by atoms with Crippen molar-refractivity contribution in [3.63, 3.8) is 0 Å². The van der Waals surface area contributed by atoms with Crippen LogP contribution in [0, 0.1) is 11.6 Å². The fraction of sp³-hybridized carbons (Fsp3) is 0.353. The van der Waals surface area contributed by atoms with Crippen LogP contribution in [0.25, 0.3) is 0 Å². The highest BCUT2D eigenvalue weighted by molar-refractivity contribution is 14.0. The highest BCUT2D eigenvalue weighted by Gasteiger charge is 2.24. The molecule has 0 spiro atoms. The lowest BCUT2D eigenvalue weighted by molar-refractivity contribution is 0.0655. The van der Waals surface area contributed by atoms with Crippen LogP contribution in [0.1, 0.15) is 24.3 Å². The highest BCUT2D eigenvalue weighted by Crippen LogP contribution is 2.24. The van der Waals surface area contributed by atoms with Gasteiger partial charge < -0.3 is 15.7 Å². The molecule has 2 rings (SSSR count). The van der Waals surface area contributed by atoms with Gasteiger partial charge in [0, 0.05) is 17.0 Å². The van der Waals surface area contributed by atoms with Gasteiger partial charge in [0.1, 0.15) is 17.2 Å². The number of nitrogens with one attached hydrogen (secondary N) is 2. The first-order valence-corrected chi connectivity index (χ1v) is 8.53. The number of rotatable bonds is 6. The van der Waals surface area contributed by atoms with Crippen LogP contribution < -0.4 is 10.6 Å². The van der Waals surface area contributed by atoms with Gasteiger partial charge in [-0.1, -0.05) is 6.07 Å². The summed E-state index contributed by atoms with van der Waals surface area (Å²) in [6.45, 7) is 4.46. The van der Waals surface area contributed by atoms with Gasteiger partial charge in [-0.15, -0.1) is 35.3 Å². The van der Waals surface area contributed by atoms with E-state index in [4.69, 9.17) is 0 Å². The van der Waals surface area contributed by atoms with Crippen LogP contribution in [0.3, 0.4) is 0 Å². The Bertz CT molecular complexity index is 693. The molecule has 4 nitrogen and oxygen atoms in total. The van der Waals surface area contributed by atoms with Crippen molar-refractivity contribution in [3.05, 3.63) is 57.8 Å². The molecule has 1 aromatic carbocycles. The lowest BCUT2D eigenvalue weighted by Crippen LogP contribution is -2.44. The van der Waals surface area contributed by atoms with E-state index < -0.39 is 17.2 Å². The Labute approximate surface area is 167 Å². The van der Waals surface area contributed by atoms with E-state index in [1.165, 1.54) is 11.3 Å². The molecule has 0 amide bonds. The zero-order valence-corrected chi connectivity index (χ0v) is 17.2. The summed E-state index contributed by atoms with van der Waals surface area (Å²) in [6.07, 6.45) is 0.